The third kappa shape index (κ3) is 3.72. The summed E-state index contributed by atoms with van der Waals surface area (Å²) in [6.07, 6.45) is 0. The van der Waals surface area contributed by atoms with Crippen LogP contribution in [0, 0.1) is 0 Å². The predicted molar refractivity (Wildman–Crippen MR) is 183 cm³/mol. The van der Waals surface area contributed by atoms with Crippen molar-refractivity contribution in [3.63, 3.8) is 0 Å². The molecule has 0 saturated heterocycles. The summed E-state index contributed by atoms with van der Waals surface area (Å²) in [6, 6.07) is 17.5. The molecule has 200 valence electrons. The van der Waals surface area contributed by atoms with Crippen molar-refractivity contribution in [2.24, 2.45) is 0 Å². The van der Waals surface area contributed by atoms with Crippen molar-refractivity contribution in [1.82, 2.24) is 0 Å². The van der Waals surface area contributed by atoms with Crippen LogP contribution in [0.1, 0.15) is 17.8 Å². The number of furan rings is 1. The van der Waals surface area contributed by atoms with Gasteiger partial charge in [0.2, 0.25) is 0 Å². The molecule has 0 aliphatic rings. The monoisotopic (exact) mass is 559 g/mol. The number of hydrogen-bond acceptors (Lipinski definition) is 1. The van der Waals surface area contributed by atoms with Gasteiger partial charge in [0.1, 0.15) is 11.2 Å². The number of rotatable bonds is 3. The SMILES string of the molecule is [2H]c1c(-c2ccccc2)c([2H])c2c(oc3c([2H])c(-c4c5ccccc5c(-c5c([2H])c([2H])c([2H])c6c([2H])c([2H])c([2H])c([2H])c56)c5ccccc45)c([2H])c([2H])c32)c1[2H]. The second kappa shape index (κ2) is 9.44. The summed E-state index contributed by atoms with van der Waals surface area (Å²) >= 11 is 0. The van der Waals surface area contributed by atoms with E-state index in [9.17, 15) is 6.85 Å². The number of hydrogen-bond donors (Lipinski definition) is 0. The van der Waals surface area contributed by atoms with Gasteiger partial charge in [-0.3, -0.25) is 0 Å². The van der Waals surface area contributed by atoms with Gasteiger partial charge in [-0.2, -0.15) is 0 Å². The van der Waals surface area contributed by atoms with Gasteiger partial charge >= 0.3 is 0 Å². The zero-order valence-electron chi connectivity index (χ0n) is 35.4. The minimum atomic E-state index is -0.562. The van der Waals surface area contributed by atoms with Crippen LogP contribution >= 0.6 is 0 Å². The van der Waals surface area contributed by atoms with Crippen molar-refractivity contribution >= 4 is 54.3 Å². The number of benzene rings is 8. The maximum absolute atomic E-state index is 9.59. The minimum Gasteiger partial charge on any atom is -0.456 e. The van der Waals surface area contributed by atoms with Crippen molar-refractivity contribution in [3.8, 4) is 33.4 Å². The third-order valence-corrected chi connectivity index (χ3v) is 7.82. The van der Waals surface area contributed by atoms with Crippen LogP contribution in [0.4, 0.5) is 0 Å². The van der Waals surface area contributed by atoms with Crippen molar-refractivity contribution < 1.29 is 22.2 Å². The molecule has 43 heavy (non-hydrogen) atoms. The van der Waals surface area contributed by atoms with E-state index in [2.05, 4.69) is 0 Å². The standard InChI is InChI=1S/C42H26O/c1-2-11-27(12-3-1)29-22-24-39-38(25-29)32-23-21-30(26-40(32)43-39)41-34-16-6-8-18-36(34)42(37-19-9-7-17-35(37)41)33-20-10-14-28-13-4-5-15-31(28)33/h1-26H/i4D,5D,10D,13D,14D,15D,20D,21D,22D,23D,24D,25D,26D. The summed E-state index contributed by atoms with van der Waals surface area (Å²) in [5, 5.41) is 1.67. The Hall–Kier alpha value is -5.66. The fourth-order valence-corrected chi connectivity index (χ4v) is 5.93. The van der Waals surface area contributed by atoms with Crippen LogP contribution in [-0.4, -0.2) is 0 Å². The zero-order chi connectivity index (χ0) is 39.6. The molecule has 9 rings (SSSR count). The van der Waals surface area contributed by atoms with Crippen molar-refractivity contribution in [1.29, 1.82) is 0 Å². The Balaban J connectivity index is 1.45. The van der Waals surface area contributed by atoms with E-state index in [4.69, 9.17) is 15.4 Å². The minimum absolute atomic E-state index is 0.0116. The fourth-order valence-electron chi connectivity index (χ4n) is 5.93. The molecule has 0 unspecified atom stereocenters. The highest BCUT2D eigenvalue weighted by Gasteiger charge is 2.19. The van der Waals surface area contributed by atoms with Crippen LogP contribution in [0.5, 0.6) is 0 Å². The predicted octanol–water partition coefficient (Wildman–Crippen LogP) is 12.0. The molecule has 8 aromatic carbocycles. The lowest BCUT2D eigenvalue weighted by Gasteiger charge is -2.18. The molecule has 0 N–H and O–H groups in total. The van der Waals surface area contributed by atoms with E-state index >= 15 is 0 Å². The maximum Gasteiger partial charge on any atom is 0.136 e. The molecule has 0 saturated carbocycles. The van der Waals surface area contributed by atoms with Gasteiger partial charge < -0.3 is 4.42 Å². The Morgan fingerprint density at radius 2 is 1.05 bits per heavy atom. The second-order valence-corrected chi connectivity index (χ2v) is 10.2. The number of fused-ring (bicyclic) bond motifs is 6. The quantitative estimate of drug-likeness (QED) is 0.196. The molecular weight excluding hydrogens is 520 g/mol. The highest BCUT2D eigenvalue weighted by atomic mass is 16.3. The molecule has 0 fully saturated rings. The zero-order valence-corrected chi connectivity index (χ0v) is 22.4. The van der Waals surface area contributed by atoms with Gasteiger partial charge in [-0.1, -0.05) is 133 Å². The van der Waals surface area contributed by atoms with Gasteiger partial charge in [-0.25, -0.2) is 0 Å². The van der Waals surface area contributed by atoms with Crippen LogP contribution in [0.25, 0.3) is 87.6 Å². The van der Waals surface area contributed by atoms with Gasteiger partial charge in [-0.05, 0) is 89.9 Å². The Labute approximate surface area is 267 Å². The lowest BCUT2D eigenvalue weighted by Crippen LogP contribution is -1.91. The smallest absolute Gasteiger partial charge is 0.136 e. The summed E-state index contributed by atoms with van der Waals surface area (Å²) in [4.78, 5) is 0. The lowest BCUT2D eigenvalue weighted by molar-refractivity contribution is 0.669. The molecule has 0 aliphatic carbocycles. The average molecular weight is 560 g/mol. The molecule has 0 aliphatic heterocycles. The van der Waals surface area contributed by atoms with E-state index in [1.807, 2.05) is 0 Å². The highest BCUT2D eigenvalue weighted by Crippen LogP contribution is 2.46. The summed E-state index contributed by atoms with van der Waals surface area (Å²) in [7, 11) is 0. The second-order valence-electron chi connectivity index (χ2n) is 10.2. The summed E-state index contributed by atoms with van der Waals surface area (Å²) in [5.74, 6) is 0. The van der Waals surface area contributed by atoms with Gasteiger partial charge in [-0.15, -0.1) is 0 Å². The van der Waals surface area contributed by atoms with E-state index in [0.29, 0.717) is 38.2 Å². The summed E-state index contributed by atoms with van der Waals surface area (Å²) < 4.78 is 122. The Morgan fingerprint density at radius 1 is 0.395 bits per heavy atom. The van der Waals surface area contributed by atoms with Gasteiger partial charge in [0.25, 0.3) is 0 Å². The van der Waals surface area contributed by atoms with Crippen molar-refractivity contribution in [2.45, 2.75) is 0 Å². The van der Waals surface area contributed by atoms with Crippen LogP contribution in [0.15, 0.2) is 162 Å². The molecule has 0 amide bonds. The van der Waals surface area contributed by atoms with E-state index in [1.54, 1.807) is 78.9 Å². The summed E-state index contributed by atoms with van der Waals surface area (Å²) in [5.41, 5.74) is 1.21. The highest BCUT2D eigenvalue weighted by molar-refractivity contribution is 6.24. The van der Waals surface area contributed by atoms with Crippen LogP contribution in [0.3, 0.4) is 0 Å². The fraction of sp³-hybridized carbons (Fsp3) is 0. The van der Waals surface area contributed by atoms with Gasteiger partial charge in [0, 0.05) is 10.8 Å². The average Bonchev–Trinajstić information content (AvgIpc) is 3.62. The molecule has 0 radical (unpaired) electrons. The Morgan fingerprint density at radius 3 is 1.81 bits per heavy atom. The molecule has 0 bridgehead atoms. The molecular formula is C42H26O. The molecule has 1 aromatic heterocycles. The first-order chi connectivity index (χ1) is 26.8. The van der Waals surface area contributed by atoms with E-state index in [-0.39, 0.29) is 85.7 Å². The van der Waals surface area contributed by atoms with Crippen molar-refractivity contribution in [3.05, 3.63) is 157 Å². The Bertz CT molecular complexity index is 3160. The normalized spacial score (nSPS) is 16.0. The third-order valence-electron chi connectivity index (χ3n) is 7.82. The van der Waals surface area contributed by atoms with Crippen LogP contribution < -0.4 is 0 Å². The summed E-state index contributed by atoms with van der Waals surface area (Å²) in [6.45, 7) is 0. The molecule has 9 aromatic rings. The van der Waals surface area contributed by atoms with E-state index in [0.717, 1.165) is 0 Å². The largest absolute Gasteiger partial charge is 0.456 e. The first kappa shape index (κ1) is 14.5. The first-order valence-electron chi connectivity index (χ1n) is 20.2. The molecule has 0 atom stereocenters. The lowest BCUT2D eigenvalue weighted by atomic mass is 9.84. The van der Waals surface area contributed by atoms with Gasteiger partial charge in [0.05, 0.1) is 17.8 Å². The molecule has 1 heterocycles. The topological polar surface area (TPSA) is 13.1 Å². The van der Waals surface area contributed by atoms with E-state index < -0.39 is 42.3 Å². The van der Waals surface area contributed by atoms with Crippen LogP contribution in [-0.2, 0) is 0 Å². The molecule has 1 nitrogen and oxygen atoms in total. The first-order valence-corrected chi connectivity index (χ1v) is 13.7. The maximum atomic E-state index is 9.59. The Kier molecular flexibility index (Phi) is 3.18. The molecule has 0 spiro atoms. The van der Waals surface area contributed by atoms with Crippen molar-refractivity contribution in [2.75, 3.05) is 0 Å². The van der Waals surface area contributed by atoms with Gasteiger partial charge in [0.15, 0.2) is 0 Å². The molecule has 1 heteroatoms. The van der Waals surface area contributed by atoms with E-state index in [1.165, 1.54) is 0 Å². The van der Waals surface area contributed by atoms with Crippen LogP contribution in [0.2, 0.25) is 0 Å².